The smallest absolute Gasteiger partial charge is 0.251 e. The largest absolute Gasteiger partial charge is 0.353 e. The Morgan fingerprint density at radius 2 is 2.00 bits per heavy atom. The topological polar surface area (TPSA) is 37.3 Å². The van der Waals surface area contributed by atoms with Gasteiger partial charge in [-0.2, -0.15) is 0 Å². The summed E-state index contributed by atoms with van der Waals surface area (Å²) in [5.74, 6) is -0.0118. The van der Waals surface area contributed by atoms with Crippen LogP contribution in [-0.2, 0) is 7.05 Å². The van der Waals surface area contributed by atoms with Crippen LogP contribution in [-0.4, -0.2) is 36.0 Å². The average molecular weight is 299 g/mol. The van der Waals surface area contributed by atoms with Crippen molar-refractivity contribution in [1.82, 2.24) is 14.8 Å². The van der Waals surface area contributed by atoms with Gasteiger partial charge in [0.15, 0.2) is 0 Å². The minimum Gasteiger partial charge on any atom is -0.353 e. The Balaban J connectivity index is 2.11. The molecule has 1 unspecified atom stereocenters. The third-order valence-corrected chi connectivity index (χ3v) is 4.04. The fourth-order valence-electron chi connectivity index (χ4n) is 2.64. The molecule has 2 rings (SSSR count). The summed E-state index contributed by atoms with van der Waals surface area (Å²) in [7, 11) is 6.09. The zero-order valence-corrected chi connectivity index (χ0v) is 14.1. The van der Waals surface area contributed by atoms with Gasteiger partial charge in [0, 0.05) is 31.0 Å². The van der Waals surface area contributed by atoms with Crippen molar-refractivity contribution in [2.75, 3.05) is 20.6 Å². The lowest BCUT2D eigenvalue weighted by Gasteiger charge is -2.25. The number of nitrogens with zero attached hydrogens (tertiary/aromatic N) is 2. The molecule has 1 aromatic carbocycles. The van der Waals surface area contributed by atoms with E-state index in [1.807, 2.05) is 65.5 Å². The molecule has 0 fully saturated rings. The summed E-state index contributed by atoms with van der Waals surface area (Å²) < 4.78 is 2.09. The zero-order valence-electron chi connectivity index (χ0n) is 14.1. The highest BCUT2D eigenvalue weighted by molar-refractivity contribution is 5.95. The van der Waals surface area contributed by atoms with Crippen LogP contribution >= 0.6 is 0 Å². The first-order chi connectivity index (χ1) is 10.4. The summed E-state index contributed by atoms with van der Waals surface area (Å²) in [4.78, 5) is 14.6. The molecule has 22 heavy (non-hydrogen) atoms. The Morgan fingerprint density at radius 3 is 2.59 bits per heavy atom. The molecular formula is C18H25N3O. The molecule has 0 saturated carbocycles. The summed E-state index contributed by atoms with van der Waals surface area (Å²) in [6.07, 6.45) is 2.03. The maximum atomic E-state index is 12.5. The van der Waals surface area contributed by atoms with Crippen LogP contribution in [0.3, 0.4) is 0 Å². The third kappa shape index (κ3) is 3.57. The number of hydrogen-bond acceptors (Lipinski definition) is 2. The van der Waals surface area contributed by atoms with E-state index in [2.05, 4.69) is 20.9 Å². The van der Waals surface area contributed by atoms with E-state index in [0.717, 1.165) is 16.7 Å². The summed E-state index contributed by atoms with van der Waals surface area (Å²) in [6.45, 7) is 4.55. The minimum absolute atomic E-state index is 0.0118. The molecule has 0 aliphatic carbocycles. The highest BCUT2D eigenvalue weighted by Gasteiger charge is 2.18. The maximum Gasteiger partial charge on any atom is 0.251 e. The highest BCUT2D eigenvalue weighted by atomic mass is 16.1. The lowest BCUT2D eigenvalue weighted by molar-refractivity contribution is 0.0940. The van der Waals surface area contributed by atoms with Gasteiger partial charge in [-0.25, -0.2) is 0 Å². The SMILES string of the molecule is Cc1ccc(C)c(C(=O)NCC(c2cccn2C)N(C)C)c1. The molecule has 0 spiro atoms. The van der Waals surface area contributed by atoms with Crippen molar-refractivity contribution in [3.63, 3.8) is 0 Å². The lowest BCUT2D eigenvalue weighted by atomic mass is 10.0. The van der Waals surface area contributed by atoms with Crippen LogP contribution in [0.1, 0.15) is 33.2 Å². The predicted molar refractivity (Wildman–Crippen MR) is 90.1 cm³/mol. The summed E-state index contributed by atoms with van der Waals surface area (Å²) >= 11 is 0. The van der Waals surface area contributed by atoms with Crippen molar-refractivity contribution in [2.45, 2.75) is 19.9 Å². The van der Waals surface area contributed by atoms with Gasteiger partial charge in [0.1, 0.15) is 0 Å². The van der Waals surface area contributed by atoms with Crippen molar-refractivity contribution >= 4 is 5.91 Å². The molecule has 118 valence electrons. The van der Waals surface area contributed by atoms with Gasteiger partial charge in [-0.05, 0) is 51.7 Å². The monoisotopic (exact) mass is 299 g/mol. The first-order valence-electron chi connectivity index (χ1n) is 7.53. The molecule has 0 bridgehead atoms. The van der Waals surface area contributed by atoms with E-state index in [1.54, 1.807) is 0 Å². The van der Waals surface area contributed by atoms with Crippen LogP contribution in [0.2, 0.25) is 0 Å². The number of carbonyl (C=O) groups excluding carboxylic acids is 1. The second kappa shape index (κ2) is 6.79. The molecule has 0 radical (unpaired) electrons. The quantitative estimate of drug-likeness (QED) is 0.921. The Kier molecular flexibility index (Phi) is 5.03. The highest BCUT2D eigenvalue weighted by Crippen LogP contribution is 2.18. The number of likely N-dealkylation sites (N-methyl/N-ethyl adjacent to an activating group) is 1. The van der Waals surface area contributed by atoms with Gasteiger partial charge in [0.05, 0.1) is 6.04 Å². The number of rotatable bonds is 5. The second-order valence-corrected chi connectivity index (χ2v) is 6.05. The fourth-order valence-corrected chi connectivity index (χ4v) is 2.64. The average Bonchev–Trinajstić information content (AvgIpc) is 2.87. The van der Waals surface area contributed by atoms with Crippen LogP contribution in [0.4, 0.5) is 0 Å². The van der Waals surface area contributed by atoms with Gasteiger partial charge in [0.25, 0.3) is 5.91 Å². The second-order valence-electron chi connectivity index (χ2n) is 6.05. The van der Waals surface area contributed by atoms with Crippen LogP contribution in [0.25, 0.3) is 0 Å². The van der Waals surface area contributed by atoms with Crippen molar-refractivity contribution in [3.05, 3.63) is 58.9 Å². The Labute approximate surface area is 132 Å². The molecule has 2 aromatic rings. The molecule has 0 saturated heterocycles. The molecule has 0 aliphatic rings. The summed E-state index contributed by atoms with van der Waals surface area (Å²) in [6, 6.07) is 10.2. The van der Waals surface area contributed by atoms with Gasteiger partial charge < -0.3 is 9.88 Å². The number of aromatic nitrogens is 1. The number of nitrogens with one attached hydrogen (secondary N) is 1. The number of benzene rings is 1. The van der Waals surface area contributed by atoms with E-state index in [-0.39, 0.29) is 11.9 Å². The fraction of sp³-hybridized carbons (Fsp3) is 0.389. The van der Waals surface area contributed by atoms with Gasteiger partial charge in [-0.15, -0.1) is 0 Å². The number of aryl methyl sites for hydroxylation is 3. The Hall–Kier alpha value is -2.07. The van der Waals surface area contributed by atoms with Crippen molar-refractivity contribution in [1.29, 1.82) is 0 Å². The normalized spacial score (nSPS) is 12.5. The molecular weight excluding hydrogens is 274 g/mol. The predicted octanol–water partition coefficient (Wildman–Crippen LogP) is 2.67. The molecule has 4 nitrogen and oxygen atoms in total. The zero-order chi connectivity index (χ0) is 16.3. The third-order valence-electron chi connectivity index (χ3n) is 4.04. The van der Waals surface area contributed by atoms with E-state index in [1.165, 1.54) is 5.69 Å². The number of amides is 1. The maximum absolute atomic E-state index is 12.5. The Bertz CT molecular complexity index is 658. The molecule has 0 aliphatic heterocycles. The van der Waals surface area contributed by atoms with Gasteiger partial charge in [-0.1, -0.05) is 17.7 Å². The van der Waals surface area contributed by atoms with Gasteiger partial charge >= 0.3 is 0 Å². The van der Waals surface area contributed by atoms with Crippen LogP contribution in [0.15, 0.2) is 36.5 Å². The molecule has 1 heterocycles. The molecule has 1 atom stereocenters. The molecule has 1 amide bonds. The van der Waals surface area contributed by atoms with E-state index in [9.17, 15) is 4.79 Å². The standard InChI is InChI=1S/C18H25N3O/c1-13-8-9-14(2)15(11-13)18(22)19-12-17(20(3)4)16-7-6-10-21(16)5/h6-11,17H,12H2,1-5H3,(H,19,22). The molecule has 1 N–H and O–H groups in total. The van der Waals surface area contributed by atoms with Crippen LogP contribution < -0.4 is 5.32 Å². The van der Waals surface area contributed by atoms with E-state index >= 15 is 0 Å². The summed E-state index contributed by atoms with van der Waals surface area (Å²) in [5.41, 5.74) is 4.04. The van der Waals surface area contributed by atoms with E-state index in [4.69, 9.17) is 0 Å². The van der Waals surface area contributed by atoms with Crippen molar-refractivity contribution in [2.24, 2.45) is 7.05 Å². The molecule has 1 aromatic heterocycles. The first-order valence-corrected chi connectivity index (χ1v) is 7.53. The van der Waals surface area contributed by atoms with E-state index < -0.39 is 0 Å². The Morgan fingerprint density at radius 1 is 1.27 bits per heavy atom. The molecule has 4 heteroatoms. The van der Waals surface area contributed by atoms with E-state index in [0.29, 0.717) is 6.54 Å². The van der Waals surface area contributed by atoms with Gasteiger partial charge in [-0.3, -0.25) is 9.69 Å². The number of carbonyl (C=O) groups is 1. The van der Waals surface area contributed by atoms with Crippen molar-refractivity contribution < 1.29 is 4.79 Å². The van der Waals surface area contributed by atoms with Gasteiger partial charge in [0.2, 0.25) is 0 Å². The van der Waals surface area contributed by atoms with Crippen molar-refractivity contribution in [3.8, 4) is 0 Å². The van der Waals surface area contributed by atoms with Crippen LogP contribution in [0, 0.1) is 13.8 Å². The van der Waals surface area contributed by atoms with Crippen LogP contribution in [0.5, 0.6) is 0 Å². The minimum atomic E-state index is -0.0118. The first kappa shape index (κ1) is 16.3. The number of hydrogen-bond donors (Lipinski definition) is 1. The summed E-state index contributed by atoms with van der Waals surface area (Å²) in [5, 5.41) is 3.07. The lowest BCUT2D eigenvalue weighted by Crippen LogP contribution is -2.35.